The Balaban J connectivity index is 1.97. The van der Waals surface area contributed by atoms with Gasteiger partial charge in [0.1, 0.15) is 22.4 Å². The number of para-hydroxylation sites is 1. The van der Waals surface area contributed by atoms with Crippen LogP contribution in [-0.4, -0.2) is 33.2 Å². The first-order valence-corrected chi connectivity index (χ1v) is 12.5. The predicted molar refractivity (Wildman–Crippen MR) is 140 cm³/mol. The van der Waals surface area contributed by atoms with E-state index in [0.29, 0.717) is 33.0 Å². The molecule has 10 heteroatoms. The first-order chi connectivity index (χ1) is 17.1. The van der Waals surface area contributed by atoms with Crippen molar-refractivity contribution in [3.05, 3.63) is 68.7 Å². The van der Waals surface area contributed by atoms with Gasteiger partial charge in [-0.1, -0.05) is 18.2 Å². The Bertz CT molecular complexity index is 1530. The summed E-state index contributed by atoms with van der Waals surface area (Å²) >= 11 is 1.28. The molecule has 3 aromatic heterocycles. The number of carbonyl (C=O) groups is 1. The van der Waals surface area contributed by atoms with Crippen molar-refractivity contribution >= 4 is 27.5 Å². The number of hydrogen-bond acceptors (Lipinski definition) is 7. The number of thiophene rings is 1. The lowest BCUT2D eigenvalue weighted by molar-refractivity contribution is -0.129. The minimum Gasteiger partial charge on any atom is -0.496 e. The highest BCUT2D eigenvalue weighted by Gasteiger charge is 2.35. The van der Waals surface area contributed by atoms with Crippen LogP contribution in [0.2, 0.25) is 0 Å². The van der Waals surface area contributed by atoms with E-state index in [0.717, 1.165) is 15.9 Å². The maximum absolute atomic E-state index is 13.9. The van der Waals surface area contributed by atoms with E-state index in [4.69, 9.17) is 9.15 Å². The van der Waals surface area contributed by atoms with Crippen LogP contribution in [0.4, 0.5) is 0 Å². The molecule has 0 atom stereocenters. The smallest absolute Gasteiger partial charge is 0.333 e. The highest BCUT2D eigenvalue weighted by molar-refractivity contribution is 7.22. The highest BCUT2D eigenvalue weighted by atomic mass is 32.1. The number of oxazole rings is 1. The second-order valence-corrected chi connectivity index (χ2v) is 10.4. The molecule has 0 bridgehead atoms. The number of carbonyl (C=O) groups excluding carboxylic acids is 1. The average Bonchev–Trinajstić information content (AvgIpc) is 3.46. The Labute approximate surface area is 212 Å². The molecule has 0 saturated carbocycles. The number of nitrogens with one attached hydrogen (secondary N) is 1. The monoisotopic (exact) mass is 510 g/mol. The Kier molecular flexibility index (Phi) is 6.90. The molecule has 0 fully saturated rings. The van der Waals surface area contributed by atoms with E-state index < -0.39 is 22.7 Å². The van der Waals surface area contributed by atoms with Gasteiger partial charge in [-0.2, -0.15) is 0 Å². The Morgan fingerprint density at radius 1 is 1.25 bits per heavy atom. The lowest BCUT2D eigenvalue weighted by atomic mass is 10.0. The molecule has 1 aromatic carbocycles. The summed E-state index contributed by atoms with van der Waals surface area (Å²) in [5.74, 6) is 0.683. The summed E-state index contributed by atoms with van der Waals surface area (Å²) in [6.07, 6.45) is 3.48. The van der Waals surface area contributed by atoms with Crippen LogP contribution in [0.1, 0.15) is 38.8 Å². The molecule has 0 unspecified atom stereocenters. The van der Waals surface area contributed by atoms with Gasteiger partial charge in [0, 0.05) is 12.6 Å². The third kappa shape index (κ3) is 4.37. The summed E-state index contributed by atoms with van der Waals surface area (Å²) in [6.45, 7) is 8.92. The van der Waals surface area contributed by atoms with Gasteiger partial charge in [-0.25, -0.2) is 14.3 Å². The number of fused-ring (bicyclic) bond motifs is 1. The topological polar surface area (TPSA) is 108 Å². The second-order valence-electron chi connectivity index (χ2n) is 9.40. The van der Waals surface area contributed by atoms with Crippen LogP contribution in [0.3, 0.4) is 0 Å². The molecule has 4 rings (SSSR count). The van der Waals surface area contributed by atoms with Crippen LogP contribution in [-0.2, 0) is 23.3 Å². The van der Waals surface area contributed by atoms with E-state index in [2.05, 4.69) is 10.3 Å². The molecule has 1 N–H and O–H groups in total. The summed E-state index contributed by atoms with van der Waals surface area (Å²) in [5, 5.41) is 3.21. The van der Waals surface area contributed by atoms with Crippen molar-refractivity contribution in [2.24, 2.45) is 0 Å². The van der Waals surface area contributed by atoms with Crippen LogP contribution in [0.15, 0.2) is 50.7 Å². The van der Waals surface area contributed by atoms with Crippen molar-refractivity contribution in [2.75, 3.05) is 7.11 Å². The van der Waals surface area contributed by atoms with Gasteiger partial charge in [-0.15, -0.1) is 11.3 Å². The molecule has 0 aliphatic heterocycles. The van der Waals surface area contributed by atoms with Crippen LogP contribution < -0.4 is 21.3 Å². The molecule has 4 aromatic rings. The number of hydrogen-bond donors (Lipinski definition) is 1. The minimum absolute atomic E-state index is 0.150. The summed E-state index contributed by atoms with van der Waals surface area (Å²) < 4.78 is 13.6. The number of methoxy groups -OCH3 is 1. The third-order valence-electron chi connectivity index (χ3n) is 6.17. The lowest BCUT2D eigenvalue weighted by Crippen LogP contribution is -2.56. The molecule has 190 valence electrons. The summed E-state index contributed by atoms with van der Waals surface area (Å²) in [4.78, 5) is 46.3. The lowest BCUT2D eigenvalue weighted by Gasteiger charge is -2.27. The van der Waals surface area contributed by atoms with Crippen molar-refractivity contribution in [3.63, 3.8) is 0 Å². The zero-order valence-electron chi connectivity index (χ0n) is 21.2. The molecule has 0 saturated heterocycles. The van der Waals surface area contributed by atoms with Crippen molar-refractivity contribution in [1.29, 1.82) is 0 Å². The normalized spacial score (nSPS) is 11.9. The first-order valence-electron chi connectivity index (χ1n) is 11.7. The van der Waals surface area contributed by atoms with Gasteiger partial charge in [0.2, 0.25) is 11.8 Å². The van der Waals surface area contributed by atoms with Crippen LogP contribution in [0.25, 0.3) is 21.0 Å². The molecule has 0 aliphatic carbocycles. The first kappa shape index (κ1) is 25.4. The molecule has 0 spiro atoms. The SMILES string of the molecule is COc1ccccc1CCn1c(=O)n(C(C)(C)C(=O)NC(C)C)c(=O)c2c(C)c(-c3ncco3)sc21. The maximum Gasteiger partial charge on any atom is 0.333 e. The molecule has 0 aliphatic rings. The maximum atomic E-state index is 13.9. The van der Waals surface area contributed by atoms with E-state index in [1.165, 1.54) is 23.8 Å². The fraction of sp³-hybridized carbons (Fsp3) is 0.385. The van der Waals surface area contributed by atoms with Gasteiger partial charge >= 0.3 is 5.69 Å². The number of aryl methyl sites for hydroxylation is 3. The fourth-order valence-corrected chi connectivity index (χ4v) is 5.52. The van der Waals surface area contributed by atoms with E-state index in [1.807, 2.05) is 38.1 Å². The molecule has 9 nitrogen and oxygen atoms in total. The van der Waals surface area contributed by atoms with E-state index in [9.17, 15) is 14.4 Å². The largest absolute Gasteiger partial charge is 0.496 e. The zero-order valence-corrected chi connectivity index (χ0v) is 22.1. The number of aromatic nitrogens is 3. The molecular weight excluding hydrogens is 480 g/mol. The van der Waals surface area contributed by atoms with Crippen molar-refractivity contribution in [3.8, 4) is 16.5 Å². The fourth-order valence-electron chi connectivity index (χ4n) is 4.26. The number of benzene rings is 1. The number of rotatable bonds is 8. The van der Waals surface area contributed by atoms with Crippen molar-refractivity contribution < 1.29 is 13.9 Å². The van der Waals surface area contributed by atoms with Crippen molar-refractivity contribution in [2.45, 2.75) is 59.2 Å². The third-order valence-corrected chi connectivity index (χ3v) is 7.47. The summed E-state index contributed by atoms with van der Waals surface area (Å²) in [5.41, 5.74) is -0.903. The van der Waals surface area contributed by atoms with E-state index >= 15 is 0 Å². The predicted octanol–water partition coefficient (Wildman–Crippen LogP) is 3.70. The number of amides is 1. The standard InChI is InChI=1S/C26H30N4O5S/c1-15(2)28-24(32)26(4,5)30-22(31)19-16(3)20(21-27-12-14-35-21)36-23(19)29(25(30)33)13-11-17-9-7-8-10-18(17)34-6/h7-10,12,14-15H,11,13H2,1-6H3,(H,28,32). The van der Waals surface area contributed by atoms with E-state index in [1.54, 1.807) is 32.4 Å². The molecule has 1 amide bonds. The van der Waals surface area contributed by atoms with Gasteiger partial charge in [-0.05, 0) is 58.2 Å². The van der Waals surface area contributed by atoms with Gasteiger partial charge in [0.25, 0.3) is 5.56 Å². The summed E-state index contributed by atoms with van der Waals surface area (Å²) in [7, 11) is 1.60. The molecule has 36 heavy (non-hydrogen) atoms. The highest BCUT2D eigenvalue weighted by Crippen LogP contribution is 2.36. The van der Waals surface area contributed by atoms with Crippen LogP contribution in [0.5, 0.6) is 5.75 Å². The quantitative estimate of drug-likeness (QED) is 0.387. The molecule has 0 radical (unpaired) electrons. The summed E-state index contributed by atoms with van der Waals surface area (Å²) in [6, 6.07) is 7.45. The number of nitrogens with zero attached hydrogens (tertiary/aromatic N) is 3. The molecule has 3 heterocycles. The van der Waals surface area contributed by atoms with Crippen LogP contribution in [0, 0.1) is 6.92 Å². The zero-order chi connectivity index (χ0) is 26.2. The van der Waals surface area contributed by atoms with E-state index in [-0.39, 0.29) is 12.6 Å². The Morgan fingerprint density at radius 3 is 2.61 bits per heavy atom. The van der Waals surface area contributed by atoms with Gasteiger partial charge in [-0.3, -0.25) is 14.2 Å². The minimum atomic E-state index is -1.42. The molecular formula is C26H30N4O5S. The van der Waals surface area contributed by atoms with Gasteiger partial charge < -0.3 is 14.5 Å². The Morgan fingerprint density at radius 2 is 1.97 bits per heavy atom. The van der Waals surface area contributed by atoms with Crippen LogP contribution >= 0.6 is 11.3 Å². The Hall–Kier alpha value is -3.66. The second kappa shape index (κ2) is 9.77. The number of ether oxygens (including phenoxy) is 1. The van der Waals surface area contributed by atoms with Gasteiger partial charge in [0.15, 0.2) is 0 Å². The van der Waals surface area contributed by atoms with Gasteiger partial charge in [0.05, 0.1) is 23.6 Å². The van der Waals surface area contributed by atoms with Crippen molar-refractivity contribution in [1.82, 2.24) is 19.4 Å². The average molecular weight is 511 g/mol.